The summed E-state index contributed by atoms with van der Waals surface area (Å²) in [5.74, 6) is -0.493. The molecule has 1 aromatic rings. The van der Waals surface area contributed by atoms with E-state index in [-0.39, 0.29) is 0 Å². The zero-order valence-electron chi connectivity index (χ0n) is 4.05. The molecule has 1 N–H and O–H groups in total. The third-order valence-electron chi connectivity index (χ3n) is 0.782. The maximum atomic E-state index is 10.3. The van der Waals surface area contributed by atoms with Crippen LogP contribution in [-0.2, 0) is 5.11 Å². The van der Waals surface area contributed by atoms with E-state index in [0.717, 1.165) is 0 Å². The second-order valence-corrected chi connectivity index (χ2v) is 1.36. The number of rotatable bonds is 0. The van der Waals surface area contributed by atoms with Crippen LogP contribution >= 0.6 is 0 Å². The minimum absolute atomic E-state index is 0.493. The van der Waals surface area contributed by atoms with Crippen LogP contribution in [0.1, 0.15) is 0 Å². The van der Waals surface area contributed by atoms with Crippen molar-refractivity contribution in [3.8, 4) is 5.75 Å². The average Bonchev–Trinajstić information content (AvgIpc) is 1.77. The minimum atomic E-state index is -0.562. The Morgan fingerprint density at radius 1 is 1.50 bits per heavy atom. The predicted molar refractivity (Wildman–Crippen MR) is 27.2 cm³/mol. The van der Waals surface area contributed by atoms with Gasteiger partial charge >= 0.3 is 0 Å². The van der Waals surface area contributed by atoms with Crippen LogP contribution in [0.25, 0.3) is 0 Å². The van der Waals surface area contributed by atoms with E-state index in [2.05, 4.69) is 4.98 Å². The smallest absolute Gasteiger partial charge is 0.295 e. The number of nitrogens with one attached hydrogen (secondary N) is 1. The molecule has 1 aromatic heterocycles. The van der Waals surface area contributed by atoms with E-state index in [4.69, 9.17) is 0 Å². The van der Waals surface area contributed by atoms with Crippen LogP contribution in [0.2, 0.25) is 0 Å². The molecule has 0 fully saturated rings. The standard InChI is InChI=1S/C5H4NO2/c7-4-2-1-3-6-5(4)8/h1-3H,(H,6,8). The van der Waals surface area contributed by atoms with Crippen molar-refractivity contribution >= 4 is 0 Å². The molecule has 41 valence electrons. The lowest BCUT2D eigenvalue weighted by Gasteiger charge is -1.79. The fraction of sp³-hybridized carbons (Fsp3) is 0. The van der Waals surface area contributed by atoms with Gasteiger partial charge in [0, 0.05) is 6.20 Å². The highest BCUT2D eigenvalue weighted by Gasteiger charge is 1.90. The largest absolute Gasteiger partial charge is 0.326 e. The Kier molecular flexibility index (Phi) is 1.04. The van der Waals surface area contributed by atoms with Crippen molar-refractivity contribution in [2.24, 2.45) is 0 Å². The van der Waals surface area contributed by atoms with Crippen molar-refractivity contribution in [3.63, 3.8) is 0 Å². The summed E-state index contributed by atoms with van der Waals surface area (Å²) in [6, 6.07) is 2.71. The van der Waals surface area contributed by atoms with Gasteiger partial charge in [0.15, 0.2) is 0 Å². The Balaban J connectivity index is 3.35. The van der Waals surface area contributed by atoms with Crippen LogP contribution in [0.4, 0.5) is 0 Å². The summed E-state index contributed by atoms with van der Waals surface area (Å²) < 4.78 is 0. The molecule has 0 spiro atoms. The molecule has 3 heteroatoms. The van der Waals surface area contributed by atoms with E-state index in [1.54, 1.807) is 0 Å². The topological polar surface area (TPSA) is 52.8 Å². The lowest BCUT2D eigenvalue weighted by molar-refractivity contribution is 0.348. The molecule has 1 radical (unpaired) electrons. The van der Waals surface area contributed by atoms with Gasteiger partial charge in [0.2, 0.25) is 5.75 Å². The van der Waals surface area contributed by atoms with Crippen molar-refractivity contribution in [1.82, 2.24) is 4.98 Å². The fourth-order valence-electron chi connectivity index (χ4n) is 0.406. The van der Waals surface area contributed by atoms with E-state index in [1.807, 2.05) is 0 Å². The van der Waals surface area contributed by atoms with Gasteiger partial charge in [-0.15, -0.1) is 0 Å². The van der Waals surface area contributed by atoms with E-state index in [1.165, 1.54) is 18.3 Å². The van der Waals surface area contributed by atoms with Crippen LogP contribution in [0.15, 0.2) is 23.1 Å². The van der Waals surface area contributed by atoms with Gasteiger partial charge in [-0.25, -0.2) is 0 Å². The number of aromatic amines is 1. The maximum Gasteiger partial charge on any atom is 0.295 e. The lowest BCUT2D eigenvalue weighted by atomic mass is 10.5. The predicted octanol–water partition coefficient (Wildman–Crippen LogP) is 0.519. The van der Waals surface area contributed by atoms with Gasteiger partial charge in [0.25, 0.3) is 5.56 Å². The summed E-state index contributed by atoms with van der Waals surface area (Å²) in [6.07, 6.45) is 1.42. The van der Waals surface area contributed by atoms with Gasteiger partial charge in [-0.3, -0.25) is 9.90 Å². The van der Waals surface area contributed by atoms with Crippen LogP contribution in [0.5, 0.6) is 5.75 Å². The maximum absolute atomic E-state index is 10.3. The number of aromatic nitrogens is 1. The van der Waals surface area contributed by atoms with Gasteiger partial charge < -0.3 is 4.98 Å². The number of H-pyrrole nitrogens is 1. The Hall–Kier alpha value is -1.25. The second kappa shape index (κ2) is 1.69. The fourth-order valence-corrected chi connectivity index (χ4v) is 0.406. The van der Waals surface area contributed by atoms with Gasteiger partial charge in [0.1, 0.15) is 0 Å². The zero-order valence-corrected chi connectivity index (χ0v) is 4.05. The van der Waals surface area contributed by atoms with Crippen LogP contribution < -0.4 is 5.56 Å². The molecule has 3 nitrogen and oxygen atoms in total. The summed E-state index contributed by atoms with van der Waals surface area (Å²) in [4.78, 5) is 12.5. The van der Waals surface area contributed by atoms with Gasteiger partial charge in [0.05, 0.1) is 0 Å². The Labute approximate surface area is 45.6 Å². The van der Waals surface area contributed by atoms with Crippen LogP contribution in [-0.4, -0.2) is 4.98 Å². The van der Waals surface area contributed by atoms with Crippen molar-refractivity contribution < 1.29 is 5.11 Å². The third-order valence-corrected chi connectivity index (χ3v) is 0.782. The first-order valence-electron chi connectivity index (χ1n) is 2.15. The number of hydrogen-bond donors (Lipinski definition) is 1. The van der Waals surface area contributed by atoms with Crippen molar-refractivity contribution in [2.75, 3.05) is 0 Å². The Morgan fingerprint density at radius 3 is 2.62 bits per heavy atom. The molecule has 8 heavy (non-hydrogen) atoms. The molecule has 0 aliphatic carbocycles. The van der Waals surface area contributed by atoms with E-state index >= 15 is 0 Å². The van der Waals surface area contributed by atoms with Crippen molar-refractivity contribution in [3.05, 3.63) is 28.7 Å². The summed E-state index contributed by atoms with van der Waals surface area (Å²) in [7, 11) is 0. The van der Waals surface area contributed by atoms with Crippen molar-refractivity contribution in [2.45, 2.75) is 0 Å². The van der Waals surface area contributed by atoms with Crippen LogP contribution in [0, 0.1) is 0 Å². The van der Waals surface area contributed by atoms with E-state index < -0.39 is 11.3 Å². The first-order chi connectivity index (χ1) is 3.80. The van der Waals surface area contributed by atoms with Gasteiger partial charge in [-0.1, -0.05) is 0 Å². The van der Waals surface area contributed by atoms with Gasteiger partial charge in [-0.05, 0) is 12.1 Å². The van der Waals surface area contributed by atoms with E-state index in [9.17, 15) is 9.90 Å². The van der Waals surface area contributed by atoms with E-state index in [0.29, 0.717) is 0 Å². The average molecular weight is 110 g/mol. The highest BCUT2D eigenvalue weighted by molar-refractivity contribution is 5.12. The summed E-state index contributed by atoms with van der Waals surface area (Å²) in [5.41, 5.74) is -0.562. The highest BCUT2D eigenvalue weighted by atomic mass is 16.3. The molecule has 0 saturated carbocycles. The molecule has 0 atom stereocenters. The molecule has 0 bridgehead atoms. The summed E-state index contributed by atoms with van der Waals surface area (Å²) in [5, 5.41) is 10.3. The highest BCUT2D eigenvalue weighted by Crippen LogP contribution is 1.93. The normalized spacial score (nSPS) is 9.00. The third kappa shape index (κ3) is 0.703. The molecular formula is C5H4NO2. The molecular weight excluding hydrogens is 106 g/mol. The number of pyridine rings is 1. The molecule has 1 rings (SSSR count). The number of hydrogen-bond acceptors (Lipinski definition) is 1. The van der Waals surface area contributed by atoms with Crippen molar-refractivity contribution in [1.29, 1.82) is 0 Å². The lowest BCUT2D eigenvalue weighted by Crippen LogP contribution is -2.00. The summed E-state index contributed by atoms with van der Waals surface area (Å²) in [6.45, 7) is 0. The SMILES string of the molecule is [O]c1ccc[nH]c1=O. The quantitative estimate of drug-likeness (QED) is 0.520. The Bertz CT molecular complexity index is 228. The molecule has 0 aromatic carbocycles. The molecule has 1 heterocycles. The van der Waals surface area contributed by atoms with Gasteiger partial charge in [-0.2, -0.15) is 0 Å². The minimum Gasteiger partial charge on any atom is -0.326 e. The molecule has 0 saturated heterocycles. The molecule has 0 aliphatic rings. The molecule has 0 unspecified atom stereocenters. The molecule has 0 amide bonds. The Morgan fingerprint density at radius 2 is 2.25 bits per heavy atom. The zero-order chi connectivity index (χ0) is 5.98. The second-order valence-electron chi connectivity index (χ2n) is 1.36. The molecule has 0 aliphatic heterocycles. The van der Waals surface area contributed by atoms with Crippen LogP contribution in [0.3, 0.4) is 0 Å². The summed E-state index contributed by atoms with van der Waals surface area (Å²) >= 11 is 0. The first-order valence-corrected chi connectivity index (χ1v) is 2.15. The monoisotopic (exact) mass is 110 g/mol. The first kappa shape index (κ1) is 4.90.